The van der Waals surface area contributed by atoms with Crippen molar-refractivity contribution in [2.45, 2.75) is 124 Å². The number of aliphatic hydroxyl groups excluding tert-OH is 1. The lowest BCUT2D eigenvalue weighted by atomic mass is 9.49. The maximum atomic E-state index is 13.6. The molecular weight excluding hydrogens is 518 g/mol. The molecule has 1 aromatic carbocycles. The van der Waals surface area contributed by atoms with E-state index in [9.17, 15) is 24.9 Å². The van der Waals surface area contributed by atoms with Gasteiger partial charge in [-0.05, 0) is 50.2 Å². The van der Waals surface area contributed by atoms with Crippen molar-refractivity contribution in [3.05, 3.63) is 36.0 Å². The molecule has 1 heterocycles. The van der Waals surface area contributed by atoms with Crippen molar-refractivity contribution < 1.29 is 29.6 Å². The Balaban J connectivity index is 2.13. The maximum Gasteiger partial charge on any atom is 0.310 e. The van der Waals surface area contributed by atoms with Crippen molar-refractivity contribution in [2.75, 3.05) is 0 Å². The first-order valence-electron chi connectivity index (χ1n) is 15.7. The number of carboxylic acid groups (broad SMARTS) is 2. The third kappa shape index (κ3) is 7.04. The Morgan fingerprint density at radius 1 is 0.902 bits per heavy atom. The first kappa shape index (κ1) is 32.8. The Kier molecular flexibility index (Phi) is 11.6. The largest absolute Gasteiger partial charge is 0.485 e. The van der Waals surface area contributed by atoms with Crippen LogP contribution in [0.2, 0.25) is 0 Å². The Morgan fingerprint density at radius 2 is 1.46 bits per heavy atom. The molecule has 1 aliphatic carbocycles. The van der Waals surface area contributed by atoms with E-state index >= 15 is 0 Å². The Hall–Kier alpha value is -2.67. The predicted molar refractivity (Wildman–Crippen MR) is 162 cm³/mol. The van der Waals surface area contributed by atoms with E-state index in [0.717, 1.165) is 62.4 Å². The number of hydrogen-bond donors (Lipinski definition) is 3. The van der Waals surface area contributed by atoms with Crippen LogP contribution < -0.4 is 4.74 Å². The summed E-state index contributed by atoms with van der Waals surface area (Å²) in [6, 6.07) is 9.45. The lowest BCUT2D eigenvalue weighted by Crippen LogP contribution is -2.62. The summed E-state index contributed by atoms with van der Waals surface area (Å²) in [6.45, 7) is 10.2. The molecule has 0 amide bonds. The molecule has 3 rings (SSSR count). The average molecular weight is 570 g/mol. The van der Waals surface area contributed by atoms with Crippen molar-refractivity contribution in [3.8, 4) is 5.75 Å². The SMILES string of the molecule is CCCCC(CC)CC1(C(=O)O)CC(O)C(Oc2cccc3ccc(C)nc23)CC1(CC(CC)CCCC)C(=O)O. The smallest absolute Gasteiger partial charge is 0.310 e. The molecule has 3 N–H and O–H groups in total. The summed E-state index contributed by atoms with van der Waals surface area (Å²) in [5.74, 6) is -1.59. The minimum atomic E-state index is -1.60. The number of benzene rings is 1. The van der Waals surface area contributed by atoms with Crippen LogP contribution in [0.5, 0.6) is 5.75 Å². The number of aromatic nitrogens is 1. The van der Waals surface area contributed by atoms with Crippen LogP contribution in [0.15, 0.2) is 30.3 Å². The molecule has 7 heteroatoms. The van der Waals surface area contributed by atoms with Gasteiger partial charge in [-0.25, -0.2) is 4.98 Å². The number of rotatable bonds is 16. The first-order valence-corrected chi connectivity index (χ1v) is 15.7. The van der Waals surface area contributed by atoms with Crippen LogP contribution in [0.25, 0.3) is 10.9 Å². The van der Waals surface area contributed by atoms with Gasteiger partial charge in [0, 0.05) is 17.5 Å². The molecule has 1 aliphatic rings. The van der Waals surface area contributed by atoms with Crippen molar-refractivity contribution in [1.29, 1.82) is 0 Å². The van der Waals surface area contributed by atoms with E-state index in [4.69, 9.17) is 4.74 Å². The Bertz CT molecular complexity index is 1170. The summed E-state index contributed by atoms with van der Waals surface area (Å²) in [7, 11) is 0. The second-order valence-electron chi connectivity index (χ2n) is 12.4. The molecule has 7 nitrogen and oxygen atoms in total. The minimum absolute atomic E-state index is 0.0646. The number of aryl methyl sites for hydroxylation is 1. The van der Waals surface area contributed by atoms with E-state index in [2.05, 4.69) is 32.7 Å². The summed E-state index contributed by atoms with van der Waals surface area (Å²) in [5, 5.41) is 34.4. The van der Waals surface area contributed by atoms with Gasteiger partial charge in [-0.1, -0.05) is 97.3 Å². The van der Waals surface area contributed by atoms with Crippen LogP contribution in [0.4, 0.5) is 0 Å². The molecule has 228 valence electrons. The molecule has 1 aromatic heterocycles. The Labute approximate surface area is 245 Å². The lowest BCUT2D eigenvalue weighted by Gasteiger charge is -2.54. The van der Waals surface area contributed by atoms with Crippen molar-refractivity contribution >= 4 is 22.8 Å². The van der Waals surface area contributed by atoms with Crippen molar-refractivity contribution in [2.24, 2.45) is 22.7 Å². The predicted octanol–water partition coefficient (Wildman–Crippen LogP) is 7.80. The molecule has 41 heavy (non-hydrogen) atoms. The van der Waals surface area contributed by atoms with E-state index in [-0.39, 0.29) is 37.5 Å². The van der Waals surface area contributed by atoms with Gasteiger partial charge in [0.05, 0.1) is 16.9 Å². The minimum Gasteiger partial charge on any atom is -0.485 e. The van der Waals surface area contributed by atoms with Gasteiger partial charge in [-0.2, -0.15) is 0 Å². The van der Waals surface area contributed by atoms with Gasteiger partial charge < -0.3 is 20.1 Å². The van der Waals surface area contributed by atoms with Gasteiger partial charge >= 0.3 is 11.9 Å². The van der Waals surface area contributed by atoms with Crippen molar-refractivity contribution in [1.82, 2.24) is 4.98 Å². The fraction of sp³-hybridized carbons (Fsp3) is 0.676. The quantitative estimate of drug-likeness (QED) is 0.189. The van der Waals surface area contributed by atoms with Crippen LogP contribution >= 0.6 is 0 Å². The van der Waals surface area contributed by atoms with Crippen LogP contribution in [0.3, 0.4) is 0 Å². The Morgan fingerprint density at radius 3 is 1.98 bits per heavy atom. The summed E-state index contributed by atoms with van der Waals surface area (Å²) < 4.78 is 6.44. The second-order valence-corrected chi connectivity index (χ2v) is 12.4. The molecule has 6 atom stereocenters. The molecule has 0 spiro atoms. The van der Waals surface area contributed by atoms with E-state index in [1.807, 2.05) is 31.2 Å². The number of fused-ring (bicyclic) bond motifs is 1. The molecule has 0 aliphatic heterocycles. The molecule has 0 saturated heterocycles. The average Bonchev–Trinajstić information content (AvgIpc) is 2.95. The van der Waals surface area contributed by atoms with Crippen LogP contribution in [-0.4, -0.2) is 44.5 Å². The summed E-state index contributed by atoms with van der Waals surface area (Å²) in [6.07, 6.45) is 5.46. The number of aliphatic carboxylic acids is 2. The highest BCUT2D eigenvalue weighted by molar-refractivity contribution is 5.87. The third-order valence-corrected chi connectivity index (χ3v) is 9.73. The zero-order chi connectivity index (χ0) is 30.2. The van der Waals surface area contributed by atoms with Gasteiger partial charge in [0.25, 0.3) is 0 Å². The van der Waals surface area contributed by atoms with Gasteiger partial charge in [0.15, 0.2) is 0 Å². The molecule has 0 bridgehead atoms. The molecule has 1 saturated carbocycles. The van der Waals surface area contributed by atoms with Gasteiger partial charge in [0.1, 0.15) is 17.4 Å². The monoisotopic (exact) mass is 569 g/mol. The van der Waals surface area contributed by atoms with Crippen LogP contribution in [0, 0.1) is 29.6 Å². The number of unbranched alkanes of at least 4 members (excludes halogenated alkanes) is 2. The topological polar surface area (TPSA) is 117 Å². The summed E-state index contributed by atoms with van der Waals surface area (Å²) >= 11 is 0. The van der Waals surface area contributed by atoms with Gasteiger partial charge in [-0.3, -0.25) is 9.59 Å². The van der Waals surface area contributed by atoms with Crippen LogP contribution in [0.1, 0.15) is 110 Å². The molecular formula is C34H51NO6. The number of nitrogens with zero attached hydrogens (tertiary/aromatic N) is 1. The second kappa shape index (κ2) is 14.5. The standard InChI is InChI=1S/C34H51NO6/c1-6-10-13-24(8-3)19-33(31(37)38)21-27(36)29(22-34(33,32(39)40)20-25(9-4)14-11-7-2)41-28-16-12-15-26-18-17-23(5)35-30(26)28/h12,15-18,24-25,27,29,36H,6-11,13-14,19-22H2,1-5H3,(H,37,38)(H,39,40). The highest BCUT2D eigenvalue weighted by atomic mass is 16.5. The molecule has 0 radical (unpaired) electrons. The van der Waals surface area contributed by atoms with E-state index in [0.29, 0.717) is 11.3 Å². The molecule has 1 fully saturated rings. The lowest BCUT2D eigenvalue weighted by molar-refractivity contribution is -0.200. The zero-order valence-corrected chi connectivity index (χ0v) is 25.7. The summed E-state index contributed by atoms with van der Waals surface area (Å²) in [5.41, 5.74) is -1.71. The third-order valence-electron chi connectivity index (χ3n) is 9.73. The highest BCUT2D eigenvalue weighted by Crippen LogP contribution is 2.59. The molecule has 6 unspecified atom stereocenters. The fourth-order valence-corrected chi connectivity index (χ4v) is 7.14. The maximum absolute atomic E-state index is 13.6. The summed E-state index contributed by atoms with van der Waals surface area (Å²) in [4.78, 5) is 31.6. The number of pyridine rings is 1. The van der Waals surface area contributed by atoms with Crippen LogP contribution in [-0.2, 0) is 9.59 Å². The molecule has 2 aromatic rings. The van der Waals surface area contributed by atoms with Gasteiger partial charge in [0.2, 0.25) is 0 Å². The number of ether oxygens (including phenoxy) is 1. The van der Waals surface area contributed by atoms with E-state index in [1.54, 1.807) is 6.07 Å². The fourth-order valence-electron chi connectivity index (χ4n) is 7.14. The number of carboxylic acids is 2. The first-order chi connectivity index (χ1) is 19.6. The van der Waals surface area contributed by atoms with Crippen molar-refractivity contribution in [3.63, 3.8) is 0 Å². The van der Waals surface area contributed by atoms with E-state index in [1.165, 1.54) is 0 Å². The number of aliphatic hydroxyl groups is 1. The number of carbonyl (C=O) groups is 2. The van der Waals surface area contributed by atoms with Gasteiger partial charge in [-0.15, -0.1) is 0 Å². The zero-order valence-electron chi connectivity index (χ0n) is 25.7. The normalized spacial score (nSPS) is 26.0. The highest BCUT2D eigenvalue weighted by Gasteiger charge is 2.66. The number of hydrogen-bond acceptors (Lipinski definition) is 5. The number of para-hydroxylation sites is 1. The van der Waals surface area contributed by atoms with E-state index < -0.39 is 35.0 Å².